The molecule has 0 unspecified atom stereocenters. The molecular weight excluding hydrogens is 391 g/mol. The predicted molar refractivity (Wildman–Crippen MR) is 114 cm³/mol. The second kappa shape index (κ2) is 10.4. The molecule has 0 saturated heterocycles. The van der Waals surface area contributed by atoms with Crippen LogP contribution in [0.1, 0.15) is 20.3 Å². The van der Waals surface area contributed by atoms with E-state index in [-0.39, 0.29) is 17.5 Å². The van der Waals surface area contributed by atoms with E-state index in [1.165, 1.54) is 23.9 Å². The summed E-state index contributed by atoms with van der Waals surface area (Å²) >= 11 is 1.47. The number of benzene rings is 2. The molecule has 154 valence electrons. The van der Waals surface area contributed by atoms with Gasteiger partial charge in [-0.25, -0.2) is 9.37 Å². The van der Waals surface area contributed by atoms with Gasteiger partial charge in [0, 0.05) is 18.9 Å². The van der Waals surface area contributed by atoms with Gasteiger partial charge in [-0.1, -0.05) is 23.9 Å². The van der Waals surface area contributed by atoms with E-state index in [4.69, 9.17) is 9.47 Å². The average Bonchev–Trinajstić information content (AvgIpc) is 2.71. The molecule has 1 aromatic heterocycles. The van der Waals surface area contributed by atoms with Gasteiger partial charge in [0.05, 0.1) is 23.6 Å². The zero-order valence-electron chi connectivity index (χ0n) is 16.6. The van der Waals surface area contributed by atoms with Gasteiger partial charge in [-0.15, -0.1) is 0 Å². The van der Waals surface area contributed by atoms with E-state index in [1.807, 2.05) is 32.0 Å². The molecule has 0 aliphatic rings. The summed E-state index contributed by atoms with van der Waals surface area (Å²) in [4.78, 5) is 17.7. The lowest BCUT2D eigenvalue weighted by atomic mass is 10.2. The minimum atomic E-state index is -0.294. The third-order valence-corrected chi connectivity index (χ3v) is 5.14. The lowest BCUT2D eigenvalue weighted by Crippen LogP contribution is -2.24. The van der Waals surface area contributed by atoms with Crippen LogP contribution in [-0.4, -0.2) is 34.6 Å². The van der Waals surface area contributed by atoms with Crippen LogP contribution in [0.15, 0.2) is 58.5 Å². The van der Waals surface area contributed by atoms with Gasteiger partial charge in [0.15, 0.2) is 5.16 Å². The number of nitrogens with zero attached hydrogens (tertiary/aromatic N) is 2. The second-order valence-corrected chi connectivity index (χ2v) is 7.85. The largest absolute Gasteiger partial charge is 0.493 e. The molecule has 0 fully saturated rings. The number of hydrogen-bond acceptors (Lipinski definition) is 5. The SMILES string of the molecule is CC(C)OCCCn1c(SCCOc2ccc(F)cc2)nc2ccccc2c1=O. The Morgan fingerprint density at radius 1 is 1.10 bits per heavy atom. The van der Waals surface area contributed by atoms with E-state index in [0.29, 0.717) is 47.3 Å². The number of thioether (sulfide) groups is 1. The first kappa shape index (κ1) is 21.3. The number of ether oxygens (including phenoxy) is 2. The van der Waals surface area contributed by atoms with Crippen LogP contribution in [-0.2, 0) is 11.3 Å². The zero-order chi connectivity index (χ0) is 20.6. The van der Waals surface area contributed by atoms with Crippen molar-refractivity contribution < 1.29 is 13.9 Å². The molecule has 2 aromatic carbocycles. The number of halogens is 1. The molecule has 7 heteroatoms. The van der Waals surface area contributed by atoms with Crippen LogP contribution in [0, 0.1) is 5.82 Å². The number of rotatable bonds is 10. The Labute approximate surface area is 173 Å². The third-order valence-electron chi connectivity index (χ3n) is 4.20. The summed E-state index contributed by atoms with van der Waals surface area (Å²) in [5, 5.41) is 1.28. The molecule has 5 nitrogen and oxygen atoms in total. The van der Waals surface area contributed by atoms with Gasteiger partial charge in [-0.05, 0) is 56.7 Å². The van der Waals surface area contributed by atoms with Gasteiger partial charge < -0.3 is 9.47 Å². The molecular formula is C22H25FN2O3S. The summed E-state index contributed by atoms with van der Waals surface area (Å²) in [6.07, 6.45) is 0.900. The van der Waals surface area contributed by atoms with Crippen molar-refractivity contribution in [1.82, 2.24) is 9.55 Å². The van der Waals surface area contributed by atoms with Crippen molar-refractivity contribution in [3.05, 3.63) is 64.7 Å². The number of aromatic nitrogens is 2. The summed E-state index contributed by atoms with van der Waals surface area (Å²) in [7, 11) is 0. The summed E-state index contributed by atoms with van der Waals surface area (Å²) in [6.45, 7) is 5.55. The Bertz CT molecular complexity index is 990. The van der Waals surface area contributed by atoms with Crippen molar-refractivity contribution in [2.24, 2.45) is 0 Å². The van der Waals surface area contributed by atoms with Crippen molar-refractivity contribution in [3.8, 4) is 5.75 Å². The van der Waals surface area contributed by atoms with Crippen LogP contribution in [0.3, 0.4) is 0 Å². The molecule has 0 aliphatic heterocycles. The molecule has 0 aliphatic carbocycles. The first-order valence-corrected chi connectivity index (χ1v) is 10.7. The standard InChI is InChI=1S/C22H25FN2O3S/c1-16(2)27-13-5-12-25-21(26)19-6-3-4-7-20(19)24-22(25)29-15-14-28-18-10-8-17(23)9-11-18/h3-4,6-11,16H,5,12-15H2,1-2H3. The van der Waals surface area contributed by atoms with Crippen LogP contribution < -0.4 is 10.3 Å². The molecule has 1 heterocycles. The van der Waals surface area contributed by atoms with E-state index in [1.54, 1.807) is 22.8 Å². The molecule has 29 heavy (non-hydrogen) atoms. The number of fused-ring (bicyclic) bond motifs is 1. The fourth-order valence-electron chi connectivity index (χ4n) is 2.82. The average molecular weight is 417 g/mol. The molecule has 0 saturated carbocycles. The Morgan fingerprint density at radius 3 is 2.62 bits per heavy atom. The van der Waals surface area contributed by atoms with E-state index in [2.05, 4.69) is 4.98 Å². The minimum Gasteiger partial charge on any atom is -0.493 e. The first-order valence-electron chi connectivity index (χ1n) is 9.67. The van der Waals surface area contributed by atoms with Crippen LogP contribution in [0.4, 0.5) is 4.39 Å². The molecule has 0 spiro atoms. The monoisotopic (exact) mass is 416 g/mol. The lowest BCUT2D eigenvalue weighted by Gasteiger charge is -2.14. The normalized spacial score (nSPS) is 11.3. The second-order valence-electron chi connectivity index (χ2n) is 6.79. The van der Waals surface area contributed by atoms with Gasteiger partial charge in [0.1, 0.15) is 11.6 Å². The van der Waals surface area contributed by atoms with Gasteiger partial charge in [-0.2, -0.15) is 0 Å². The molecule has 0 atom stereocenters. The molecule has 3 rings (SSSR count). The molecule has 0 N–H and O–H groups in total. The van der Waals surface area contributed by atoms with Crippen molar-refractivity contribution in [1.29, 1.82) is 0 Å². The smallest absolute Gasteiger partial charge is 0.262 e. The summed E-state index contributed by atoms with van der Waals surface area (Å²) in [6, 6.07) is 13.3. The molecule has 0 bridgehead atoms. The van der Waals surface area contributed by atoms with E-state index in [9.17, 15) is 9.18 Å². The Kier molecular flexibility index (Phi) is 7.66. The Hall–Kier alpha value is -2.38. The summed E-state index contributed by atoms with van der Waals surface area (Å²) < 4.78 is 25.9. The zero-order valence-corrected chi connectivity index (χ0v) is 17.5. The molecule has 0 amide bonds. The lowest BCUT2D eigenvalue weighted by molar-refractivity contribution is 0.0743. The highest BCUT2D eigenvalue weighted by Gasteiger charge is 2.11. The van der Waals surface area contributed by atoms with Gasteiger partial charge in [0.25, 0.3) is 5.56 Å². The Balaban J connectivity index is 1.69. The predicted octanol–water partition coefficient (Wildman–Crippen LogP) is 4.52. The van der Waals surface area contributed by atoms with Gasteiger partial charge in [0.2, 0.25) is 0 Å². The quantitative estimate of drug-likeness (QED) is 0.276. The van der Waals surface area contributed by atoms with Crippen molar-refractivity contribution >= 4 is 22.7 Å². The number of hydrogen-bond donors (Lipinski definition) is 0. The summed E-state index contributed by atoms with van der Waals surface area (Å²) in [5.74, 6) is 0.934. The molecule has 0 radical (unpaired) electrons. The van der Waals surface area contributed by atoms with Crippen molar-refractivity contribution in [3.63, 3.8) is 0 Å². The minimum absolute atomic E-state index is 0.0397. The first-order chi connectivity index (χ1) is 14.0. The highest BCUT2D eigenvalue weighted by molar-refractivity contribution is 7.99. The highest BCUT2D eigenvalue weighted by Crippen LogP contribution is 2.19. The van der Waals surface area contributed by atoms with Crippen LogP contribution in [0.25, 0.3) is 10.9 Å². The van der Waals surface area contributed by atoms with E-state index in [0.717, 1.165) is 6.42 Å². The molecule has 3 aromatic rings. The van der Waals surface area contributed by atoms with Crippen LogP contribution in [0.2, 0.25) is 0 Å². The highest BCUT2D eigenvalue weighted by atomic mass is 32.2. The van der Waals surface area contributed by atoms with Crippen molar-refractivity contribution in [2.45, 2.75) is 38.1 Å². The van der Waals surface area contributed by atoms with Crippen LogP contribution in [0.5, 0.6) is 5.75 Å². The maximum atomic E-state index is 13.0. The Morgan fingerprint density at radius 2 is 1.86 bits per heavy atom. The maximum absolute atomic E-state index is 13.0. The van der Waals surface area contributed by atoms with Crippen LogP contribution >= 0.6 is 11.8 Å². The summed E-state index contributed by atoms with van der Waals surface area (Å²) in [5.41, 5.74) is 0.649. The fourth-order valence-corrected chi connectivity index (χ4v) is 3.66. The van der Waals surface area contributed by atoms with E-state index < -0.39 is 0 Å². The maximum Gasteiger partial charge on any atom is 0.262 e. The third kappa shape index (κ3) is 6.05. The van der Waals surface area contributed by atoms with Crippen molar-refractivity contribution in [2.75, 3.05) is 19.0 Å². The number of para-hydroxylation sites is 1. The topological polar surface area (TPSA) is 53.4 Å². The van der Waals surface area contributed by atoms with E-state index >= 15 is 0 Å². The van der Waals surface area contributed by atoms with Gasteiger partial charge in [-0.3, -0.25) is 9.36 Å². The fraction of sp³-hybridized carbons (Fsp3) is 0.364. The van der Waals surface area contributed by atoms with Gasteiger partial charge >= 0.3 is 0 Å².